The molecule has 1 aromatic heterocycles. The molecule has 0 amide bonds. The number of hydrogen-bond acceptors (Lipinski definition) is 3. The predicted octanol–water partition coefficient (Wildman–Crippen LogP) is 2.02. The lowest BCUT2D eigenvalue weighted by Crippen LogP contribution is -2.14. The minimum Gasteiger partial charge on any atom is -0.324 e. The average molecular weight is 208 g/mol. The van der Waals surface area contributed by atoms with Gasteiger partial charge in [-0.25, -0.2) is 4.98 Å². The zero-order valence-electron chi connectivity index (χ0n) is 7.57. The van der Waals surface area contributed by atoms with Gasteiger partial charge in [0.05, 0.1) is 11.6 Å². The van der Waals surface area contributed by atoms with Crippen molar-refractivity contribution < 1.29 is 0 Å². The third-order valence-electron chi connectivity index (χ3n) is 2.51. The minimum absolute atomic E-state index is 0.0607. The first-order valence-corrected chi connectivity index (χ1v) is 4.91. The normalized spacial score (nSPS) is 17.5. The molecule has 0 spiro atoms. The Morgan fingerprint density at radius 3 is 2.93 bits per heavy atom. The van der Waals surface area contributed by atoms with E-state index in [0.29, 0.717) is 16.6 Å². The molecule has 0 radical (unpaired) electrons. The van der Waals surface area contributed by atoms with Gasteiger partial charge in [-0.3, -0.25) is 0 Å². The molecule has 3 nitrogen and oxygen atoms in total. The summed E-state index contributed by atoms with van der Waals surface area (Å²) in [5, 5.41) is 9.24. The van der Waals surface area contributed by atoms with Crippen molar-refractivity contribution in [3.05, 3.63) is 28.5 Å². The lowest BCUT2D eigenvalue weighted by Gasteiger charge is -2.11. The molecular formula is C10H10ClN3. The van der Waals surface area contributed by atoms with Gasteiger partial charge in [0.15, 0.2) is 0 Å². The summed E-state index contributed by atoms with van der Waals surface area (Å²) in [6.45, 7) is 0. The Bertz CT molecular complexity index is 393. The second-order valence-electron chi connectivity index (χ2n) is 3.57. The lowest BCUT2D eigenvalue weighted by atomic mass is 10.0. The number of nitrogens with zero attached hydrogens (tertiary/aromatic N) is 2. The molecule has 1 aliphatic carbocycles. The van der Waals surface area contributed by atoms with Gasteiger partial charge >= 0.3 is 0 Å². The van der Waals surface area contributed by atoms with E-state index in [1.807, 2.05) is 0 Å². The summed E-state index contributed by atoms with van der Waals surface area (Å²) in [7, 11) is 0. The molecule has 0 saturated heterocycles. The summed E-state index contributed by atoms with van der Waals surface area (Å²) in [6, 6.07) is 3.60. The van der Waals surface area contributed by atoms with E-state index >= 15 is 0 Å². The molecule has 1 unspecified atom stereocenters. The third-order valence-corrected chi connectivity index (χ3v) is 2.72. The quantitative estimate of drug-likeness (QED) is 0.755. The largest absolute Gasteiger partial charge is 0.324 e. The molecule has 14 heavy (non-hydrogen) atoms. The van der Waals surface area contributed by atoms with E-state index in [1.165, 1.54) is 0 Å². The van der Waals surface area contributed by atoms with Crippen LogP contribution in [0.15, 0.2) is 12.3 Å². The number of aromatic nitrogens is 1. The molecule has 2 N–H and O–H groups in total. The smallest absolute Gasteiger partial charge is 0.130 e. The van der Waals surface area contributed by atoms with Gasteiger partial charge in [-0.1, -0.05) is 11.6 Å². The van der Waals surface area contributed by atoms with Crippen LogP contribution >= 0.6 is 11.6 Å². The average Bonchev–Trinajstić information content (AvgIpc) is 3.00. The van der Waals surface area contributed by atoms with Crippen LogP contribution in [0.25, 0.3) is 0 Å². The monoisotopic (exact) mass is 207 g/mol. The summed E-state index contributed by atoms with van der Waals surface area (Å²) in [5.41, 5.74) is 7.36. The number of halogens is 1. The molecule has 0 aromatic carbocycles. The minimum atomic E-state index is -0.0607. The van der Waals surface area contributed by atoms with Crippen molar-refractivity contribution in [3.8, 4) is 6.07 Å². The van der Waals surface area contributed by atoms with Crippen LogP contribution in [0.3, 0.4) is 0 Å². The first-order valence-electron chi connectivity index (χ1n) is 4.53. The SMILES string of the molecule is N#Cc1cc(Cl)ncc1C(N)C1CC1. The van der Waals surface area contributed by atoms with Gasteiger partial charge in [0, 0.05) is 17.8 Å². The van der Waals surface area contributed by atoms with Crippen molar-refractivity contribution in [2.45, 2.75) is 18.9 Å². The van der Waals surface area contributed by atoms with Crippen molar-refractivity contribution in [2.24, 2.45) is 11.7 Å². The van der Waals surface area contributed by atoms with Gasteiger partial charge in [0.25, 0.3) is 0 Å². The third kappa shape index (κ3) is 1.72. The van der Waals surface area contributed by atoms with Crippen LogP contribution < -0.4 is 5.73 Å². The van der Waals surface area contributed by atoms with Crippen LogP contribution in [0.2, 0.25) is 5.15 Å². The molecule has 0 bridgehead atoms. The van der Waals surface area contributed by atoms with Crippen LogP contribution in [-0.2, 0) is 0 Å². The van der Waals surface area contributed by atoms with E-state index in [-0.39, 0.29) is 6.04 Å². The Kier molecular flexibility index (Phi) is 2.40. The van der Waals surface area contributed by atoms with Crippen molar-refractivity contribution in [3.63, 3.8) is 0 Å². The van der Waals surface area contributed by atoms with Crippen LogP contribution in [0.5, 0.6) is 0 Å². The molecule has 0 aliphatic heterocycles. The molecule has 1 saturated carbocycles. The number of hydrogen-bond donors (Lipinski definition) is 1. The zero-order valence-corrected chi connectivity index (χ0v) is 8.33. The van der Waals surface area contributed by atoms with Crippen molar-refractivity contribution in [1.29, 1.82) is 5.26 Å². The Morgan fingerprint density at radius 1 is 1.64 bits per heavy atom. The van der Waals surface area contributed by atoms with E-state index in [1.54, 1.807) is 12.3 Å². The second kappa shape index (κ2) is 3.56. The van der Waals surface area contributed by atoms with Crippen LogP contribution in [0, 0.1) is 17.2 Å². The number of nitrogens with two attached hydrogens (primary N) is 1. The Labute approximate surface area is 87.5 Å². The molecule has 1 aromatic rings. The molecule has 1 aliphatic rings. The topological polar surface area (TPSA) is 62.7 Å². The molecule has 4 heteroatoms. The van der Waals surface area contributed by atoms with Crippen molar-refractivity contribution in [1.82, 2.24) is 4.98 Å². The Morgan fingerprint density at radius 2 is 2.36 bits per heavy atom. The molecule has 72 valence electrons. The predicted molar refractivity (Wildman–Crippen MR) is 53.6 cm³/mol. The van der Waals surface area contributed by atoms with E-state index in [4.69, 9.17) is 22.6 Å². The standard InChI is InChI=1S/C10H10ClN3/c11-9-3-7(4-12)8(5-14-9)10(13)6-1-2-6/h3,5-6,10H,1-2,13H2. The fourth-order valence-corrected chi connectivity index (χ4v) is 1.67. The fourth-order valence-electron chi connectivity index (χ4n) is 1.51. The Balaban J connectivity index is 2.36. The number of rotatable bonds is 2. The number of nitriles is 1. The van der Waals surface area contributed by atoms with Crippen molar-refractivity contribution >= 4 is 11.6 Å². The number of pyridine rings is 1. The summed E-state index contributed by atoms with van der Waals surface area (Å²) in [6.07, 6.45) is 3.91. The maximum absolute atomic E-state index is 8.90. The second-order valence-corrected chi connectivity index (χ2v) is 3.96. The van der Waals surface area contributed by atoms with Gasteiger partial charge in [-0.05, 0) is 24.8 Å². The van der Waals surface area contributed by atoms with E-state index < -0.39 is 0 Å². The summed E-state index contributed by atoms with van der Waals surface area (Å²) in [4.78, 5) is 3.95. The highest BCUT2D eigenvalue weighted by Crippen LogP contribution is 2.40. The van der Waals surface area contributed by atoms with Gasteiger partial charge in [0.2, 0.25) is 0 Å². The van der Waals surface area contributed by atoms with Crippen molar-refractivity contribution in [2.75, 3.05) is 0 Å². The van der Waals surface area contributed by atoms with E-state index in [0.717, 1.165) is 18.4 Å². The highest BCUT2D eigenvalue weighted by molar-refractivity contribution is 6.29. The van der Waals surface area contributed by atoms with E-state index in [2.05, 4.69) is 11.1 Å². The molecule has 1 fully saturated rings. The van der Waals surface area contributed by atoms with Gasteiger partial charge in [-0.15, -0.1) is 0 Å². The first-order chi connectivity index (χ1) is 6.72. The van der Waals surface area contributed by atoms with Crippen LogP contribution in [0.4, 0.5) is 0 Å². The maximum atomic E-state index is 8.90. The van der Waals surface area contributed by atoms with Gasteiger partial charge < -0.3 is 5.73 Å². The highest BCUT2D eigenvalue weighted by Gasteiger charge is 2.31. The fraction of sp³-hybridized carbons (Fsp3) is 0.400. The van der Waals surface area contributed by atoms with E-state index in [9.17, 15) is 0 Å². The van der Waals surface area contributed by atoms with Gasteiger partial charge in [-0.2, -0.15) is 5.26 Å². The molecule has 1 atom stereocenters. The van der Waals surface area contributed by atoms with Crippen LogP contribution in [-0.4, -0.2) is 4.98 Å². The lowest BCUT2D eigenvalue weighted by molar-refractivity contribution is 0.629. The van der Waals surface area contributed by atoms with Gasteiger partial charge in [0.1, 0.15) is 5.15 Å². The first kappa shape index (κ1) is 9.45. The summed E-state index contributed by atoms with van der Waals surface area (Å²) < 4.78 is 0. The molecule has 2 rings (SSSR count). The highest BCUT2D eigenvalue weighted by atomic mass is 35.5. The summed E-state index contributed by atoms with van der Waals surface area (Å²) >= 11 is 5.69. The molecular weight excluding hydrogens is 198 g/mol. The van der Waals surface area contributed by atoms with Crippen LogP contribution in [0.1, 0.15) is 30.0 Å². The summed E-state index contributed by atoms with van der Waals surface area (Å²) in [5.74, 6) is 0.519. The maximum Gasteiger partial charge on any atom is 0.130 e. The zero-order chi connectivity index (χ0) is 10.1. The Hall–Kier alpha value is -1.11. The molecule has 1 heterocycles.